The molecule has 3 heterocycles. The van der Waals surface area contributed by atoms with Gasteiger partial charge >= 0.3 is 5.69 Å². The molecule has 0 aliphatic rings. The van der Waals surface area contributed by atoms with Crippen molar-refractivity contribution >= 4 is 17.2 Å². The number of furan rings is 1. The molecule has 0 amide bonds. The SMILES string of the molecule is Cn1c(N(Cc2ccco2)Cc2cccs2)c(C#N)c(=O)n(C)c1=O. The maximum atomic E-state index is 12.4. The van der Waals surface area contributed by atoms with Gasteiger partial charge in [0.25, 0.3) is 5.56 Å². The highest BCUT2D eigenvalue weighted by Crippen LogP contribution is 2.22. The first kappa shape index (κ1) is 16.8. The molecule has 0 fully saturated rings. The fraction of sp³-hybridized carbons (Fsp3) is 0.235. The van der Waals surface area contributed by atoms with E-state index in [0.29, 0.717) is 24.7 Å². The van der Waals surface area contributed by atoms with E-state index in [9.17, 15) is 14.9 Å². The minimum absolute atomic E-state index is 0.0623. The predicted octanol–water partition coefficient (Wildman–Crippen LogP) is 1.82. The molecule has 0 N–H and O–H groups in total. The van der Waals surface area contributed by atoms with E-state index in [2.05, 4.69) is 0 Å². The molecule has 0 unspecified atom stereocenters. The van der Waals surface area contributed by atoms with Gasteiger partial charge in [0.05, 0.1) is 19.4 Å². The summed E-state index contributed by atoms with van der Waals surface area (Å²) in [7, 11) is 2.92. The number of nitrogens with zero attached hydrogens (tertiary/aromatic N) is 4. The molecule has 0 saturated carbocycles. The molecule has 8 heteroatoms. The van der Waals surface area contributed by atoms with Crippen molar-refractivity contribution in [3.8, 4) is 6.07 Å². The Morgan fingerprint density at radius 2 is 2.00 bits per heavy atom. The van der Waals surface area contributed by atoms with Crippen LogP contribution in [0, 0.1) is 11.3 Å². The molecule has 0 aliphatic heterocycles. The van der Waals surface area contributed by atoms with Gasteiger partial charge in [0, 0.05) is 19.0 Å². The molecule has 0 radical (unpaired) electrons. The second-order valence-corrected chi connectivity index (χ2v) is 6.56. The van der Waals surface area contributed by atoms with E-state index in [-0.39, 0.29) is 5.56 Å². The van der Waals surface area contributed by atoms with E-state index < -0.39 is 11.2 Å². The minimum Gasteiger partial charge on any atom is -0.467 e. The normalized spacial score (nSPS) is 10.6. The van der Waals surface area contributed by atoms with Crippen molar-refractivity contribution in [2.24, 2.45) is 14.1 Å². The summed E-state index contributed by atoms with van der Waals surface area (Å²) < 4.78 is 7.68. The smallest absolute Gasteiger partial charge is 0.332 e. The quantitative estimate of drug-likeness (QED) is 0.696. The lowest BCUT2D eigenvalue weighted by Crippen LogP contribution is -2.42. The maximum absolute atomic E-state index is 12.4. The van der Waals surface area contributed by atoms with Crippen LogP contribution in [-0.2, 0) is 27.2 Å². The number of hydrogen-bond donors (Lipinski definition) is 0. The highest BCUT2D eigenvalue weighted by molar-refractivity contribution is 7.09. The highest BCUT2D eigenvalue weighted by atomic mass is 32.1. The number of anilines is 1. The summed E-state index contributed by atoms with van der Waals surface area (Å²) in [6.45, 7) is 0.785. The molecule has 3 rings (SSSR count). The van der Waals surface area contributed by atoms with E-state index in [1.807, 2.05) is 34.5 Å². The Balaban J connectivity index is 2.17. The molecule has 0 atom stereocenters. The van der Waals surface area contributed by atoms with Gasteiger partial charge in [-0.1, -0.05) is 6.07 Å². The third kappa shape index (κ3) is 3.14. The van der Waals surface area contributed by atoms with Crippen molar-refractivity contribution < 1.29 is 4.42 Å². The number of rotatable bonds is 5. The van der Waals surface area contributed by atoms with Crippen LogP contribution in [0.25, 0.3) is 0 Å². The van der Waals surface area contributed by atoms with Crippen LogP contribution in [0.2, 0.25) is 0 Å². The van der Waals surface area contributed by atoms with Crippen LogP contribution in [0.1, 0.15) is 16.2 Å². The Kier molecular flexibility index (Phi) is 4.59. The molecular weight excluding hydrogens is 340 g/mol. The zero-order chi connectivity index (χ0) is 18.0. The Morgan fingerprint density at radius 3 is 2.60 bits per heavy atom. The zero-order valence-corrected chi connectivity index (χ0v) is 14.6. The van der Waals surface area contributed by atoms with Crippen molar-refractivity contribution in [2.45, 2.75) is 13.1 Å². The lowest BCUT2D eigenvalue weighted by Gasteiger charge is -2.26. The monoisotopic (exact) mass is 356 g/mol. The lowest BCUT2D eigenvalue weighted by atomic mass is 10.2. The lowest BCUT2D eigenvalue weighted by molar-refractivity contribution is 0.498. The molecule has 0 bridgehead atoms. The largest absolute Gasteiger partial charge is 0.467 e. The van der Waals surface area contributed by atoms with Gasteiger partial charge in [-0.25, -0.2) is 4.79 Å². The van der Waals surface area contributed by atoms with E-state index in [1.54, 1.807) is 30.7 Å². The second kappa shape index (κ2) is 6.83. The molecule has 0 spiro atoms. The van der Waals surface area contributed by atoms with Crippen LogP contribution in [-0.4, -0.2) is 9.13 Å². The summed E-state index contributed by atoms with van der Waals surface area (Å²) in [5.74, 6) is 0.967. The first-order valence-corrected chi connectivity index (χ1v) is 8.40. The summed E-state index contributed by atoms with van der Waals surface area (Å²) in [5, 5.41) is 11.5. The van der Waals surface area contributed by atoms with Gasteiger partial charge in [-0.15, -0.1) is 11.3 Å². The van der Waals surface area contributed by atoms with Crippen LogP contribution < -0.4 is 16.1 Å². The van der Waals surface area contributed by atoms with Crippen LogP contribution in [0.5, 0.6) is 0 Å². The highest BCUT2D eigenvalue weighted by Gasteiger charge is 2.22. The molecule has 3 aromatic rings. The van der Waals surface area contributed by atoms with Crippen molar-refractivity contribution in [1.82, 2.24) is 9.13 Å². The summed E-state index contributed by atoms with van der Waals surface area (Å²) in [5.41, 5.74) is -1.14. The van der Waals surface area contributed by atoms with Crippen LogP contribution in [0.4, 0.5) is 5.82 Å². The third-order valence-electron chi connectivity index (χ3n) is 3.90. The summed E-state index contributed by atoms with van der Waals surface area (Å²) >= 11 is 1.56. The number of hydrogen-bond acceptors (Lipinski definition) is 6. The van der Waals surface area contributed by atoms with E-state index in [4.69, 9.17) is 4.42 Å². The number of aromatic nitrogens is 2. The molecule has 7 nitrogen and oxygen atoms in total. The number of thiophene rings is 1. The Labute approximate surface area is 147 Å². The van der Waals surface area contributed by atoms with Crippen LogP contribution >= 0.6 is 11.3 Å². The molecular formula is C17H16N4O3S. The predicted molar refractivity (Wildman–Crippen MR) is 94.6 cm³/mol. The second-order valence-electron chi connectivity index (χ2n) is 5.53. The van der Waals surface area contributed by atoms with Gasteiger partial charge in [-0.05, 0) is 23.6 Å². The Bertz CT molecular complexity index is 988. The average Bonchev–Trinajstić information content (AvgIpc) is 3.29. The van der Waals surface area contributed by atoms with Gasteiger partial charge in [0.2, 0.25) is 0 Å². The van der Waals surface area contributed by atoms with Crippen molar-refractivity contribution in [1.29, 1.82) is 5.26 Å². The molecule has 0 aliphatic carbocycles. The van der Waals surface area contributed by atoms with Gasteiger partial charge in [0.15, 0.2) is 5.56 Å². The number of nitriles is 1. The van der Waals surface area contributed by atoms with Gasteiger partial charge in [-0.3, -0.25) is 13.9 Å². The third-order valence-corrected chi connectivity index (χ3v) is 4.76. The Hall–Kier alpha value is -3.05. The summed E-state index contributed by atoms with van der Waals surface area (Å²) in [6, 6.07) is 9.43. The minimum atomic E-state index is -0.601. The Morgan fingerprint density at radius 1 is 1.20 bits per heavy atom. The van der Waals surface area contributed by atoms with Gasteiger partial charge < -0.3 is 9.32 Å². The topological polar surface area (TPSA) is 84.2 Å². The molecule has 25 heavy (non-hydrogen) atoms. The van der Waals surface area contributed by atoms with Crippen LogP contribution in [0.15, 0.2) is 49.9 Å². The van der Waals surface area contributed by atoms with Crippen molar-refractivity contribution in [3.63, 3.8) is 0 Å². The first-order chi connectivity index (χ1) is 12.0. The average molecular weight is 356 g/mol. The van der Waals surface area contributed by atoms with E-state index >= 15 is 0 Å². The van der Waals surface area contributed by atoms with Gasteiger partial charge in [-0.2, -0.15) is 5.26 Å². The maximum Gasteiger partial charge on any atom is 0.332 e. The van der Waals surface area contributed by atoms with E-state index in [0.717, 1.165) is 9.44 Å². The van der Waals surface area contributed by atoms with E-state index in [1.165, 1.54) is 11.6 Å². The molecule has 3 aromatic heterocycles. The standard InChI is InChI=1S/C17H16N4O3S/c1-19-15(14(9-18)16(22)20(2)17(19)23)21(10-12-5-3-7-24-12)11-13-6-4-8-25-13/h3-8H,10-11H2,1-2H3. The fourth-order valence-electron chi connectivity index (χ4n) is 2.69. The van der Waals surface area contributed by atoms with Crippen molar-refractivity contribution in [2.75, 3.05) is 4.90 Å². The molecule has 128 valence electrons. The summed E-state index contributed by atoms with van der Waals surface area (Å²) in [6.07, 6.45) is 1.56. The van der Waals surface area contributed by atoms with Crippen LogP contribution in [0.3, 0.4) is 0 Å². The van der Waals surface area contributed by atoms with Crippen molar-refractivity contribution in [3.05, 3.63) is 72.9 Å². The fourth-order valence-corrected chi connectivity index (χ4v) is 3.41. The summed E-state index contributed by atoms with van der Waals surface area (Å²) in [4.78, 5) is 27.6. The first-order valence-electron chi connectivity index (χ1n) is 7.52. The molecule has 0 saturated heterocycles. The zero-order valence-electron chi connectivity index (χ0n) is 13.8. The molecule has 0 aromatic carbocycles. The van der Waals surface area contributed by atoms with Gasteiger partial charge in [0.1, 0.15) is 17.6 Å².